The lowest BCUT2D eigenvalue weighted by Gasteiger charge is -2.13. The van der Waals surface area contributed by atoms with Gasteiger partial charge in [-0.1, -0.05) is 11.6 Å². The minimum atomic E-state index is -0.270. The van der Waals surface area contributed by atoms with Gasteiger partial charge in [0.25, 0.3) is 0 Å². The summed E-state index contributed by atoms with van der Waals surface area (Å²) in [4.78, 5) is 12.8. The zero-order valence-electron chi connectivity index (χ0n) is 17.8. The Balaban J connectivity index is 1.60. The van der Waals surface area contributed by atoms with Crippen molar-refractivity contribution < 1.29 is 19.0 Å². The first-order chi connectivity index (χ1) is 15.5. The number of anilines is 1. The minimum absolute atomic E-state index is 0.270. The number of hydrogen-bond donors (Lipinski definition) is 1. The number of aromatic nitrogens is 2. The lowest BCUT2D eigenvalue weighted by atomic mass is 10.1. The number of benzene rings is 2. The smallest absolute Gasteiger partial charge is 0.249 e. The molecule has 1 aliphatic rings. The maximum absolute atomic E-state index is 12.8. The fourth-order valence-electron chi connectivity index (χ4n) is 3.44. The zero-order chi connectivity index (χ0) is 22.7. The number of carbonyl (C=O) groups excluding carboxylic acids is 1. The topological polar surface area (TPSA) is 74.6 Å². The Kier molecular flexibility index (Phi) is 6.62. The van der Waals surface area contributed by atoms with Crippen LogP contribution in [0, 0.1) is 0 Å². The van der Waals surface area contributed by atoms with E-state index < -0.39 is 0 Å². The van der Waals surface area contributed by atoms with Crippen LogP contribution in [0.4, 0.5) is 5.82 Å². The van der Waals surface area contributed by atoms with Gasteiger partial charge in [-0.05, 0) is 48.0 Å². The van der Waals surface area contributed by atoms with E-state index >= 15 is 0 Å². The number of nitrogens with one attached hydrogen (secondary N) is 1. The highest BCUT2D eigenvalue weighted by atomic mass is 35.5. The summed E-state index contributed by atoms with van der Waals surface area (Å²) in [5.41, 5.74) is 3.59. The number of methoxy groups -OCH3 is 3. The number of carbonyl (C=O) groups is 1. The summed E-state index contributed by atoms with van der Waals surface area (Å²) in [5, 5.41) is 8.33. The molecule has 0 atom stereocenters. The van der Waals surface area contributed by atoms with Crippen LogP contribution in [0.15, 0.2) is 42.5 Å². The van der Waals surface area contributed by atoms with Crippen LogP contribution in [0.1, 0.15) is 16.8 Å². The third-order valence-electron chi connectivity index (χ3n) is 4.98. The number of rotatable bonds is 7. The second-order valence-corrected chi connectivity index (χ2v) is 8.36. The van der Waals surface area contributed by atoms with Crippen LogP contribution in [0.25, 0.3) is 11.8 Å². The number of amides is 1. The summed E-state index contributed by atoms with van der Waals surface area (Å²) in [6, 6.07) is 10.9. The van der Waals surface area contributed by atoms with E-state index in [0.717, 1.165) is 34.0 Å². The van der Waals surface area contributed by atoms with E-state index in [1.165, 1.54) is 6.08 Å². The first kappa shape index (κ1) is 22.1. The Labute approximate surface area is 195 Å². The molecule has 0 spiro atoms. The molecule has 32 heavy (non-hydrogen) atoms. The van der Waals surface area contributed by atoms with E-state index in [1.807, 2.05) is 12.1 Å². The molecule has 0 saturated carbocycles. The summed E-state index contributed by atoms with van der Waals surface area (Å²) in [5.74, 6) is 3.55. The number of nitrogens with zero attached hydrogens (tertiary/aromatic N) is 2. The zero-order valence-corrected chi connectivity index (χ0v) is 19.4. The van der Waals surface area contributed by atoms with Crippen LogP contribution >= 0.6 is 23.4 Å². The molecule has 1 N–H and O–H groups in total. The summed E-state index contributed by atoms with van der Waals surface area (Å²) in [7, 11) is 4.64. The van der Waals surface area contributed by atoms with Crippen molar-refractivity contribution in [1.29, 1.82) is 0 Å². The molecule has 7 nitrogen and oxygen atoms in total. The lowest BCUT2D eigenvalue weighted by molar-refractivity contribution is -0.111. The van der Waals surface area contributed by atoms with E-state index in [0.29, 0.717) is 28.1 Å². The van der Waals surface area contributed by atoms with E-state index in [1.54, 1.807) is 68.1 Å². The predicted octanol–water partition coefficient (Wildman–Crippen LogP) is 4.95. The molecule has 0 unspecified atom stereocenters. The Bertz CT molecular complexity index is 1150. The van der Waals surface area contributed by atoms with E-state index in [4.69, 9.17) is 30.9 Å². The van der Waals surface area contributed by atoms with Crippen LogP contribution in [0.2, 0.25) is 5.02 Å². The van der Waals surface area contributed by atoms with Crippen LogP contribution in [-0.4, -0.2) is 37.0 Å². The maximum Gasteiger partial charge on any atom is 0.249 e. The molecule has 0 aliphatic carbocycles. The van der Waals surface area contributed by atoms with Crippen molar-refractivity contribution in [3.8, 4) is 22.9 Å². The van der Waals surface area contributed by atoms with Crippen LogP contribution < -0.4 is 19.5 Å². The van der Waals surface area contributed by atoms with Crippen molar-refractivity contribution in [1.82, 2.24) is 9.78 Å². The molecule has 3 aromatic rings. The number of thioether (sulfide) groups is 1. The monoisotopic (exact) mass is 471 g/mol. The highest BCUT2D eigenvalue weighted by Crippen LogP contribution is 2.39. The molecule has 166 valence electrons. The fraction of sp³-hybridized carbons (Fsp3) is 0.217. The van der Waals surface area contributed by atoms with Crippen molar-refractivity contribution in [2.45, 2.75) is 11.5 Å². The summed E-state index contributed by atoms with van der Waals surface area (Å²) in [6.07, 6.45) is 3.16. The number of ether oxygens (including phenoxy) is 3. The van der Waals surface area contributed by atoms with Crippen LogP contribution in [0.5, 0.6) is 17.2 Å². The quantitative estimate of drug-likeness (QED) is 0.491. The normalized spacial score (nSPS) is 12.6. The molecule has 2 heterocycles. The Morgan fingerprint density at radius 3 is 2.41 bits per heavy atom. The van der Waals surface area contributed by atoms with Gasteiger partial charge in [-0.25, -0.2) is 4.68 Å². The molecule has 1 amide bonds. The molecule has 0 bridgehead atoms. The highest BCUT2D eigenvalue weighted by Gasteiger charge is 2.24. The third-order valence-corrected chi connectivity index (χ3v) is 6.20. The van der Waals surface area contributed by atoms with Gasteiger partial charge in [-0.3, -0.25) is 4.79 Å². The van der Waals surface area contributed by atoms with Gasteiger partial charge >= 0.3 is 0 Å². The average Bonchev–Trinajstić information content (AvgIpc) is 3.40. The van der Waals surface area contributed by atoms with Gasteiger partial charge in [0.15, 0.2) is 11.5 Å². The summed E-state index contributed by atoms with van der Waals surface area (Å²) in [6.45, 7) is 0. The number of fused-ring (bicyclic) bond motifs is 1. The molecular formula is C23H22ClN3O4S. The molecule has 0 fully saturated rings. The lowest BCUT2D eigenvalue weighted by Crippen LogP contribution is -2.13. The van der Waals surface area contributed by atoms with Gasteiger partial charge < -0.3 is 19.5 Å². The largest absolute Gasteiger partial charge is 0.493 e. The molecule has 4 rings (SSSR count). The second kappa shape index (κ2) is 9.58. The van der Waals surface area contributed by atoms with Crippen molar-refractivity contribution in [2.24, 2.45) is 0 Å². The van der Waals surface area contributed by atoms with Crippen molar-refractivity contribution in [2.75, 3.05) is 26.6 Å². The van der Waals surface area contributed by atoms with E-state index in [2.05, 4.69) is 5.32 Å². The number of halogens is 1. The molecule has 9 heteroatoms. The SMILES string of the molecule is COc1cc(/C=C\C(=O)Nc2c3c(nn2-c2ccc(Cl)cc2)CSC3)cc(OC)c1OC. The third kappa shape index (κ3) is 4.42. The van der Waals surface area contributed by atoms with Crippen LogP contribution in [-0.2, 0) is 16.3 Å². The first-order valence-corrected chi connectivity index (χ1v) is 11.3. The standard InChI is InChI=1S/C23H22ClN3O4S/c1-29-19-10-14(11-20(30-2)22(19)31-3)4-9-21(28)25-23-17-12-32-13-18(17)26-27(23)16-7-5-15(24)6-8-16/h4-11H,12-13H2,1-3H3,(H,25,28)/b9-4-. The minimum Gasteiger partial charge on any atom is -0.493 e. The van der Waals surface area contributed by atoms with Crippen molar-refractivity contribution in [3.63, 3.8) is 0 Å². The predicted molar refractivity (Wildman–Crippen MR) is 127 cm³/mol. The van der Waals surface area contributed by atoms with Crippen molar-refractivity contribution in [3.05, 3.63) is 64.3 Å². The molecule has 0 radical (unpaired) electrons. The average molecular weight is 472 g/mol. The highest BCUT2D eigenvalue weighted by molar-refractivity contribution is 7.98. The molecule has 2 aromatic carbocycles. The summed E-state index contributed by atoms with van der Waals surface area (Å²) >= 11 is 7.80. The van der Waals surface area contributed by atoms with Gasteiger partial charge in [-0.15, -0.1) is 0 Å². The van der Waals surface area contributed by atoms with Gasteiger partial charge in [0, 0.05) is 28.2 Å². The van der Waals surface area contributed by atoms with E-state index in [9.17, 15) is 4.79 Å². The van der Waals surface area contributed by atoms with Gasteiger partial charge in [0.05, 0.1) is 32.7 Å². The van der Waals surface area contributed by atoms with Gasteiger partial charge in [0.1, 0.15) is 5.82 Å². The van der Waals surface area contributed by atoms with Gasteiger partial charge in [-0.2, -0.15) is 16.9 Å². The second-order valence-electron chi connectivity index (χ2n) is 6.94. The van der Waals surface area contributed by atoms with Gasteiger partial charge in [0.2, 0.25) is 11.7 Å². The molecule has 0 saturated heterocycles. The Morgan fingerprint density at radius 2 is 1.78 bits per heavy atom. The van der Waals surface area contributed by atoms with E-state index in [-0.39, 0.29) is 5.91 Å². The van der Waals surface area contributed by atoms with Crippen LogP contribution in [0.3, 0.4) is 0 Å². The number of hydrogen-bond acceptors (Lipinski definition) is 6. The van der Waals surface area contributed by atoms with Crippen molar-refractivity contribution >= 4 is 41.2 Å². The Hall–Kier alpha value is -3.10. The summed E-state index contributed by atoms with van der Waals surface area (Å²) < 4.78 is 17.8. The Morgan fingerprint density at radius 1 is 1.09 bits per heavy atom. The fourth-order valence-corrected chi connectivity index (χ4v) is 4.60. The molecular weight excluding hydrogens is 450 g/mol. The molecule has 1 aliphatic heterocycles. The first-order valence-electron chi connectivity index (χ1n) is 9.77. The maximum atomic E-state index is 12.8. The molecule has 1 aromatic heterocycles.